The second-order valence-electron chi connectivity index (χ2n) is 5.46. The molecule has 100 valence electrons. The van der Waals surface area contributed by atoms with Gasteiger partial charge in [-0.3, -0.25) is 14.8 Å². The number of aromatic amines is 2. The van der Waals surface area contributed by atoms with Crippen LogP contribution in [-0.4, -0.2) is 58.5 Å². The summed E-state index contributed by atoms with van der Waals surface area (Å²) in [6.45, 7) is 4.00. The molecule has 3 heterocycles. The van der Waals surface area contributed by atoms with Gasteiger partial charge in [-0.1, -0.05) is 0 Å². The summed E-state index contributed by atoms with van der Waals surface area (Å²) in [5, 5.41) is 19.2. The topological polar surface area (TPSA) is 84.2 Å². The summed E-state index contributed by atoms with van der Waals surface area (Å²) in [6, 6.07) is 0. The van der Waals surface area contributed by atoms with Crippen molar-refractivity contribution < 1.29 is 5.11 Å². The van der Waals surface area contributed by atoms with E-state index in [1.165, 1.54) is 0 Å². The Hall–Kier alpha value is -1.11. The number of fused-ring (bicyclic) bond motifs is 1. The molecule has 0 bridgehead atoms. The Bertz CT molecular complexity index is 473. The maximum absolute atomic E-state index is 11.6. The number of nitrogens with zero attached hydrogens (tertiary/aromatic N) is 1. The minimum Gasteiger partial charge on any atom is -0.387 e. The molecule has 0 unspecified atom stereocenters. The Morgan fingerprint density at radius 2 is 2.11 bits per heavy atom. The first-order valence-corrected chi connectivity index (χ1v) is 6.60. The van der Waals surface area contributed by atoms with Gasteiger partial charge in [0.05, 0.1) is 5.60 Å². The fourth-order valence-corrected chi connectivity index (χ4v) is 2.99. The van der Waals surface area contributed by atoms with Gasteiger partial charge in [0.1, 0.15) is 0 Å². The van der Waals surface area contributed by atoms with E-state index in [-0.39, 0.29) is 5.56 Å². The van der Waals surface area contributed by atoms with Gasteiger partial charge in [-0.05, 0) is 19.4 Å². The number of aliphatic hydroxyl groups is 1. The molecule has 0 radical (unpaired) electrons. The smallest absolute Gasteiger partial charge is 0.267 e. The fourth-order valence-electron chi connectivity index (χ4n) is 2.99. The van der Waals surface area contributed by atoms with E-state index in [9.17, 15) is 9.90 Å². The van der Waals surface area contributed by atoms with Crippen molar-refractivity contribution in [2.45, 2.75) is 24.9 Å². The Kier molecular flexibility index (Phi) is 3.01. The molecule has 0 amide bonds. The van der Waals surface area contributed by atoms with E-state index in [2.05, 4.69) is 20.4 Å². The first kappa shape index (κ1) is 12.0. The van der Waals surface area contributed by atoms with Crippen LogP contribution in [0, 0.1) is 0 Å². The molecule has 1 aromatic rings. The van der Waals surface area contributed by atoms with E-state index in [1.54, 1.807) is 0 Å². The minimum absolute atomic E-state index is 0.00750. The van der Waals surface area contributed by atoms with E-state index in [0.717, 1.165) is 50.2 Å². The van der Waals surface area contributed by atoms with Gasteiger partial charge in [-0.25, -0.2) is 0 Å². The first-order chi connectivity index (χ1) is 8.66. The zero-order valence-corrected chi connectivity index (χ0v) is 10.5. The standard InChI is InChI=1S/C12H20N4O2/c17-11-9-1-5-16(6-2-10(9)14-15-11)8-12(18)3-4-13-7-12/h13,18H,1-8H2,(H2,14,15,17)/t12-/m1/s1. The molecule has 6 nitrogen and oxygen atoms in total. The van der Waals surface area contributed by atoms with Crippen molar-refractivity contribution in [1.29, 1.82) is 0 Å². The summed E-state index contributed by atoms with van der Waals surface area (Å²) in [5.74, 6) is 0. The van der Waals surface area contributed by atoms with E-state index in [4.69, 9.17) is 0 Å². The molecular formula is C12H20N4O2. The first-order valence-electron chi connectivity index (χ1n) is 6.60. The van der Waals surface area contributed by atoms with Crippen molar-refractivity contribution in [3.05, 3.63) is 21.6 Å². The molecule has 1 atom stereocenters. The summed E-state index contributed by atoms with van der Waals surface area (Å²) < 4.78 is 0. The zero-order valence-electron chi connectivity index (χ0n) is 10.5. The van der Waals surface area contributed by atoms with Crippen LogP contribution in [-0.2, 0) is 12.8 Å². The third-order valence-electron chi connectivity index (χ3n) is 4.06. The molecule has 18 heavy (non-hydrogen) atoms. The van der Waals surface area contributed by atoms with Crippen LogP contribution in [0.2, 0.25) is 0 Å². The van der Waals surface area contributed by atoms with Gasteiger partial charge in [0.2, 0.25) is 0 Å². The van der Waals surface area contributed by atoms with Crippen molar-refractivity contribution in [2.24, 2.45) is 0 Å². The van der Waals surface area contributed by atoms with Crippen LogP contribution in [0.5, 0.6) is 0 Å². The van der Waals surface area contributed by atoms with Crippen LogP contribution in [0.25, 0.3) is 0 Å². The van der Waals surface area contributed by atoms with E-state index < -0.39 is 5.60 Å². The Balaban J connectivity index is 1.66. The monoisotopic (exact) mass is 252 g/mol. The number of nitrogens with one attached hydrogen (secondary N) is 3. The molecule has 0 aromatic carbocycles. The highest BCUT2D eigenvalue weighted by Gasteiger charge is 2.33. The number of hydrogen-bond donors (Lipinski definition) is 4. The third kappa shape index (κ3) is 2.23. The SMILES string of the molecule is O=c1[nH][nH]c2c1CCN(C[C@@]1(O)CCNC1)CC2. The van der Waals surface area contributed by atoms with E-state index in [1.807, 2.05) is 0 Å². The highest BCUT2D eigenvalue weighted by Crippen LogP contribution is 2.18. The molecule has 2 aliphatic heterocycles. The van der Waals surface area contributed by atoms with Gasteiger partial charge in [0, 0.05) is 43.9 Å². The zero-order chi connectivity index (χ0) is 12.6. The maximum Gasteiger partial charge on any atom is 0.267 e. The molecule has 0 aliphatic carbocycles. The summed E-state index contributed by atoms with van der Waals surface area (Å²) >= 11 is 0. The Morgan fingerprint density at radius 3 is 2.89 bits per heavy atom. The molecule has 3 rings (SSSR count). The largest absolute Gasteiger partial charge is 0.387 e. The number of aromatic nitrogens is 2. The number of H-pyrrole nitrogens is 2. The van der Waals surface area contributed by atoms with Gasteiger partial charge < -0.3 is 15.5 Å². The van der Waals surface area contributed by atoms with E-state index >= 15 is 0 Å². The lowest BCUT2D eigenvalue weighted by Crippen LogP contribution is -2.45. The van der Waals surface area contributed by atoms with Gasteiger partial charge in [0.25, 0.3) is 5.56 Å². The average molecular weight is 252 g/mol. The minimum atomic E-state index is -0.593. The quantitative estimate of drug-likeness (QED) is 0.534. The molecule has 1 saturated heterocycles. The second-order valence-corrected chi connectivity index (χ2v) is 5.46. The van der Waals surface area contributed by atoms with Crippen molar-refractivity contribution in [2.75, 3.05) is 32.7 Å². The summed E-state index contributed by atoms with van der Waals surface area (Å²) in [5.41, 5.74) is 1.32. The van der Waals surface area contributed by atoms with Crippen molar-refractivity contribution in [1.82, 2.24) is 20.4 Å². The van der Waals surface area contributed by atoms with Gasteiger partial charge in [-0.15, -0.1) is 0 Å². The number of rotatable bonds is 2. The maximum atomic E-state index is 11.6. The molecule has 0 spiro atoms. The van der Waals surface area contributed by atoms with Crippen LogP contribution < -0.4 is 10.9 Å². The predicted octanol–water partition coefficient (Wildman–Crippen LogP) is -1.17. The molecular weight excluding hydrogens is 232 g/mol. The summed E-state index contributed by atoms with van der Waals surface area (Å²) in [4.78, 5) is 13.8. The fraction of sp³-hybridized carbons (Fsp3) is 0.750. The average Bonchev–Trinajstić information content (AvgIpc) is 2.84. The van der Waals surface area contributed by atoms with E-state index in [0.29, 0.717) is 13.1 Å². The Labute approximate surface area is 105 Å². The second kappa shape index (κ2) is 4.53. The van der Waals surface area contributed by atoms with Crippen LogP contribution in [0.1, 0.15) is 17.7 Å². The van der Waals surface area contributed by atoms with Crippen LogP contribution >= 0.6 is 0 Å². The molecule has 1 aromatic heterocycles. The third-order valence-corrected chi connectivity index (χ3v) is 4.06. The molecule has 2 aliphatic rings. The molecule has 6 heteroatoms. The van der Waals surface area contributed by atoms with Crippen LogP contribution in [0.15, 0.2) is 4.79 Å². The van der Waals surface area contributed by atoms with Crippen LogP contribution in [0.4, 0.5) is 0 Å². The number of hydrogen-bond acceptors (Lipinski definition) is 4. The molecule has 0 saturated carbocycles. The highest BCUT2D eigenvalue weighted by molar-refractivity contribution is 5.18. The lowest BCUT2D eigenvalue weighted by atomic mass is 10.0. The predicted molar refractivity (Wildman–Crippen MR) is 67.7 cm³/mol. The van der Waals surface area contributed by atoms with Crippen molar-refractivity contribution in [3.63, 3.8) is 0 Å². The van der Waals surface area contributed by atoms with Crippen molar-refractivity contribution in [3.8, 4) is 0 Å². The van der Waals surface area contributed by atoms with Crippen LogP contribution in [0.3, 0.4) is 0 Å². The highest BCUT2D eigenvalue weighted by atomic mass is 16.3. The lowest BCUT2D eigenvalue weighted by Gasteiger charge is -2.29. The Morgan fingerprint density at radius 1 is 1.28 bits per heavy atom. The van der Waals surface area contributed by atoms with Gasteiger partial charge >= 0.3 is 0 Å². The van der Waals surface area contributed by atoms with Crippen molar-refractivity contribution >= 4 is 0 Å². The van der Waals surface area contributed by atoms with Gasteiger partial charge in [0.15, 0.2) is 0 Å². The summed E-state index contributed by atoms with van der Waals surface area (Å²) in [7, 11) is 0. The van der Waals surface area contributed by atoms with Gasteiger partial charge in [-0.2, -0.15) is 0 Å². The number of β-amino-alcohol motifs (C(OH)–C–C–N with tert-alkyl or cyclic N) is 1. The lowest BCUT2D eigenvalue weighted by molar-refractivity contribution is 0.0220. The molecule has 1 fully saturated rings. The molecule has 4 N–H and O–H groups in total. The summed E-state index contributed by atoms with van der Waals surface area (Å²) in [6.07, 6.45) is 2.42. The normalized spacial score (nSPS) is 29.2.